The largest absolute Gasteiger partial charge is 0.547 e. The van der Waals surface area contributed by atoms with E-state index in [0.717, 1.165) is 9.00 Å². The van der Waals surface area contributed by atoms with E-state index in [2.05, 4.69) is 0 Å². The minimum absolute atomic E-state index is 0.519. The third-order valence-electron chi connectivity index (χ3n) is 2.19. The monoisotopic (exact) mass is 378 g/mol. The molecule has 0 N–H and O–H groups in total. The SMILES string of the molecule is CCO[Si](OCC)(OCC)c1ccc([Si](Cl)(Cl)Cl)s1. The number of halogens is 3. The second kappa shape index (κ2) is 7.77. The van der Waals surface area contributed by atoms with Gasteiger partial charge in [-0.25, -0.2) is 0 Å². The van der Waals surface area contributed by atoms with E-state index in [1.165, 1.54) is 11.3 Å². The van der Waals surface area contributed by atoms with Crippen molar-refractivity contribution in [2.24, 2.45) is 0 Å². The van der Waals surface area contributed by atoms with Crippen molar-refractivity contribution in [2.45, 2.75) is 20.8 Å². The van der Waals surface area contributed by atoms with E-state index in [-0.39, 0.29) is 0 Å². The van der Waals surface area contributed by atoms with Crippen molar-refractivity contribution < 1.29 is 13.3 Å². The Balaban J connectivity index is 3.12. The Hall–Kier alpha value is 0.884. The highest BCUT2D eigenvalue weighted by Crippen LogP contribution is 2.23. The quantitative estimate of drug-likeness (QED) is 0.513. The van der Waals surface area contributed by atoms with Crippen LogP contribution in [-0.4, -0.2) is 34.6 Å². The molecule has 1 aromatic heterocycles. The molecule has 0 amide bonds. The zero-order chi connectivity index (χ0) is 14.5. The molecule has 0 spiro atoms. The zero-order valence-electron chi connectivity index (χ0n) is 11.0. The van der Waals surface area contributed by atoms with Gasteiger partial charge in [0.05, 0.1) is 4.50 Å². The molecular formula is C10H17Cl3O3SSi2. The summed E-state index contributed by atoms with van der Waals surface area (Å²) in [6.07, 6.45) is 0. The van der Waals surface area contributed by atoms with E-state index in [1.54, 1.807) is 0 Å². The van der Waals surface area contributed by atoms with Crippen LogP contribution in [0, 0.1) is 0 Å². The van der Waals surface area contributed by atoms with Crippen molar-refractivity contribution >= 4 is 68.4 Å². The molecule has 0 aliphatic carbocycles. The van der Waals surface area contributed by atoms with Crippen LogP contribution in [0.3, 0.4) is 0 Å². The Morgan fingerprint density at radius 3 is 1.63 bits per heavy atom. The Morgan fingerprint density at radius 2 is 1.32 bits per heavy atom. The molecule has 0 bridgehead atoms. The molecule has 0 aliphatic heterocycles. The lowest BCUT2D eigenvalue weighted by molar-refractivity contribution is 0.0866. The number of rotatable bonds is 8. The number of hydrogen-bond donors (Lipinski definition) is 0. The molecular weight excluding hydrogens is 363 g/mol. The van der Waals surface area contributed by atoms with Gasteiger partial charge in [0, 0.05) is 24.3 Å². The van der Waals surface area contributed by atoms with Crippen LogP contribution in [-0.2, 0) is 13.3 Å². The van der Waals surface area contributed by atoms with Crippen LogP contribution >= 0.6 is 44.6 Å². The molecule has 1 heterocycles. The highest BCUT2D eigenvalue weighted by molar-refractivity contribution is 7.73. The lowest BCUT2D eigenvalue weighted by atomic mass is 10.7. The molecule has 0 radical (unpaired) electrons. The fourth-order valence-electron chi connectivity index (χ4n) is 1.56. The molecule has 1 rings (SSSR count). The smallest absolute Gasteiger partial charge is 0.370 e. The topological polar surface area (TPSA) is 27.7 Å². The molecule has 0 aromatic carbocycles. The van der Waals surface area contributed by atoms with Gasteiger partial charge in [-0.05, 0) is 32.9 Å². The maximum Gasteiger partial charge on any atom is 0.547 e. The normalized spacial score (nSPS) is 12.9. The van der Waals surface area contributed by atoms with E-state index in [0.29, 0.717) is 19.8 Å². The maximum atomic E-state index is 6.03. The average Bonchev–Trinajstić information content (AvgIpc) is 2.79. The van der Waals surface area contributed by atoms with Gasteiger partial charge in [0.2, 0.25) is 0 Å². The Morgan fingerprint density at radius 1 is 0.895 bits per heavy atom. The third-order valence-corrected chi connectivity index (χ3v) is 11.5. The Kier molecular flexibility index (Phi) is 7.33. The van der Waals surface area contributed by atoms with Gasteiger partial charge >= 0.3 is 14.8 Å². The van der Waals surface area contributed by atoms with E-state index in [9.17, 15) is 0 Å². The molecule has 1 aromatic rings. The minimum atomic E-state index is -2.87. The molecule has 9 heteroatoms. The molecule has 110 valence electrons. The molecule has 0 saturated heterocycles. The molecule has 0 fully saturated rings. The summed E-state index contributed by atoms with van der Waals surface area (Å²) in [7, 11) is -2.86. The van der Waals surface area contributed by atoms with Gasteiger partial charge in [0.15, 0.2) is 0 Å². The predicted molar refractivity (Wildman–Crippen MR) is 87.5 cm³/mol. The van der Waals surface area contributed by atoms with Crippen molar-refractivity contribution in [1.82, 2.24) is 0 Å². The van der Waals surface area contributed by atoms with Gasteiger partial charge < -0.3 is 13.3 Å². The van der Waals surface area contributed by atoms with Crippen LogP contribution in [0.25, 0.3) is 0 Å². The van der Waals surface area contributed by atoms with Crippen molar-refractivity contribution in [3.63, 3.8) is 0 Å². The van der Waals surface area contributed by atoms with Crippen LogP contribution in [0.4, 0.5) is 0 Å². The zero-order valence-corrected chi connectivity index (χ0v) is 16.1. The Bertz CT molecular complexity index is 381. The van der Waals surface area contributed by atoms with Gasteiger partial charge in [0.1, 0.15) is 0 Å². The van der Waals surface area contributed by atoms with E-state index >= 15 is 0 Å². The lowest BCUT2D eigenvalue weighted by Gasteiger charge is -2.27. The van der Waals surface area contributed by atoms with Crippen molar-refractivity contribution in [1.29, 1.82) is 0 Å². The first-order chi connectivity index (χ1) is 8.89. The van der Waals surface area contributed by atoms with Gasteiger partial charge in [-0.2, -0.15) is 0 Å². The summed E-state index contributed by atoms with van der Waals surface area (Å²) < 4.78 is 19.1. The standard InChI is InChI=1S/C10H17Cl3O3SSi2/c1-4-14-19(15-5-2,16-6-3)10-8-7-9(17-10)18(11,12)13/h7-8H,4-6H2,1-3H3. The molecule has 0 atom stereocenters. The molecule has 3 nitrogen and oxygen atoms in total. The summed E-state index contributed by atoms with van der Waals surface area (Å²) >= 11 is 19.5. The fraction of sp³-hybridized carbons (Fsp3) is 0.600. The highest BCUT2D eigenvalue weighted by Gasteiger charge is 2.46. The summed E-state index contributed by atoms with van der Waals surface area (Å²) in [5, 5.41) is 0. The molecule has 0 saturated carbocycles. The van der Waals surface area contributed by atoms with Crippen LogP contribution in [0.5, 0.6) is 0 Å². The third kappa shape index (κ3) is 4.69. The second-order valence-electron chi connectivity index (χ2n) is 3.52. The van der Waals surface area contributed by atoms with E-state index in [4.69, 9.17) is 46.5 Å². The summed E-state index contributed by atoms with van der Waals surface area (Å²) in [5.74, 6) is 0. The summed E-state index contributed by atoms with van der Waals surface area (Å²) in [4.78, 5) is 0. The number of hydrogen-bond acceptors (Lipinski definition) is 4. The first-order valence-electron chi connectivity index (χ1n) is 5.99. The maximum absolute atomic E-state index is 6.03. The van der Waals surface area contributed by atoms with Crippen LogP contribution in [0.2, 0.25) is 0 Å². The van der Waals surface area contributed by atoms with Crippen molar-refractivity contribution in [3.8, 4) is 0 Å². The highest BCUT2D eigenvalue weighted by atomic mass is 35.8. The Labute approximate surface area is 134 Å². The second-order valence-corrected chi connectivity index (χ2v) is 16.2. The van der Waals surface area contributed by atoms with Crippen molar-refractivity contribution in [3.05, 3.63) is 12.1 Å². The molecule has 19 heavy (non-hydrogen) atoms. The first kappa shape index (κ1) is 17.9. The van der Waals surface area contributed by atoms with Crippen molar-refractivity contribution in [2.75, 3.05) is 19.8 Å². The van der Waals surface area contributed by atoms with Gasteiger partial charge in [0.25, 0.3) is 0 Å². The molecule has 0 unspecified atom stereocenters. The fourth-order valence-corrected chi connectivity index (χ4v) is 8.52. The summed E-state index contributed by atoms with van der Waals surface area (Å²) in [6, 6.07) is 0.853. The van der Waals surface area contributed by atoms with E-state index in [1.807, 2.05) is 32.9 Å². The van der Waals surface area contributed by atoms with E-state index < -0.39 is 14.8 Å². The van der Waals surface area contributed by atoms with Gasteiger partial charge in [-0.1, -0.05) is 0 Å². The van der Waals surface area contributed by atoms with Crippen LogP contribution < -0.4 is 9.00 Å². The lowest BCUT2D eigenvalue weighted by Crippen LogP contribution is -2.55. The average molecular weight is 380 g/mol. The van der Waals surface area contributed by atoms with Crippen LogP contribution in [0.15, 0.2) is 12.1 Å². The molecule has 0 aliphatic rings. The van der Waals surface area contributed by atoms with Gasteiger partial charge in [-0.15, -0.1) is 44.6 Å². The van der Waals surface area contributed by atoms with Crippen LogP contribution in [0.1, 0.15) is 20.8 Å². The first-order valence-corrected chi connectivity index (χ1v) is 13.6. The minimum Gasteiger partial charge on any atom is -0.370 e. The van der Waals surface area contributed by atoms with Gasteiger partial charge in [-0.3, -0.25) is 0 Å². The summed E-state index contributed by atoms with van der Waals surface area (Å²) in [5.41, 5.74) is 0. The number of thiophene rings is 1. The predicted octanol–water partition coefficient (Wildman–Crippen LogP) is 2.87. The summed E-state index contributed by atoms with van der Waals surface area (Å²) in [6.45, 7) is 7.30.